The summed E-state index contributed by atoms with van der Waals surface area (Å²) >= 11 is 0. The van der Waals surface area contributed by atoms with E-state index < -0.39 is 9.84 Å². The zero-order valence-electron chi connectivity index (χ0n) is 13.0. The molecule has 1 aliphatic carbocycles. The number of carbonyl (C=O) groups is 1. The number of carbonyl (C=O) groups excluding carboxylic acids is 1. The molecular weight excluding hydrogens is 317 g/mol. The number of benzene rings is 1. The van der Waals surface area contributed by atoms with Gasteiger partial charge in [0.15, 0.2) is 9.84 Å². The summed E-state index contributed by atoms with van der Waals surface area (Å²) in [6, 6.07) is 5.75. The van der Waals surface area contributed by atoms with E-state index >= 15 is 0 Å². The van der Waals surface area contributed by atoms with Crippen LogP contribution in [0.25, 0.3) is 5.57 Å². The molecule has 0 spiro atoms. The second-order valence-corrected chi connectivity index (χ2v) is 7.19. The van der Waals surface area contributed by atoms with Crippen LogP contribution in [0.4, 0.5) is 4.39 Å². The van der Waals surface area contributed by atoms with E-state index in [-0.39, 0.29) is 23.1 Å². The molecular formula is C17H18FNO3S. The van der Waals surface area contributed by atoms with Crippen molar-refractivity contribution >= 4 is 21.3 Å². The topological polar surface area (TPSA) is 63.2 Å². The van der Waals surface area contributed by atoms with Crippen LogP contribution in [0.2, 0.25) is 0 Å². The lowest BCUT2D eigenvalue weighted by Gasteiger charge is -2.11. The van der Waals surface area contributed by atoms with Gasteiger partial charge in [0.25, 0.3) is 0 Å². The summed E-state index contributed by atoms with van der Waals surface area (Å²) in [7, 11) is -3.37. The van der Waals surface area contributed by atoms with Gasteiger partial charge in [-0.2, -0.15) is 0 Å². The minimum Gasteiger partial charge on any atom is -0.353 e. The van der Waals surface area contributed by atoms with Gasteiger partial charge in [-0.15, -0.1) is 0 Å². The first-order valence-electron chi connectivity index (χ1n) is 7.18. The number of halogens is 1. The van der Waals surface area contributed by atoms with Gasteiger partial charge in [-0.25, -0.2) is 12.8 Å². The van der Waals surface area contributed by atoms with Gasteiger partial charge in [-0.1, -0.05) is 24.3 Å². The van der Waals surface area contributed by atoms with Crippen LogP contribution in [0, 0.1) is 5.82 Å². The molecule has 4 nitrogen and oxygen atoms in total. The zero-order chi connectivity index (χ0) is 17.0. The number of hydrogen-bond donors (Lipinski definition) is 1. The van der Waals surface area contributed by atoms with E-state index in [9.17, 15) is 17.6 Å². The molecule has 1 aromatic rings. The lowest BCUT2D eigenvalue weighted by atomic mass is 9.97. The first-order chi connectivity index (χ1) is 10.8. The van der Waals surface area contributed by atoms with E-state index in [0.717, 1.165) is 6.26 Å². The maximum Gasteiger partial charge on any atom is 0.248 e. The molecule has 1 N–H and O–H groups in total. The van der Waals surface area contributed by atoms with Gasteiger partial charge in [0, 0.05) is 18.4 Å². The number of hydrogen-bond acceptors (Lipinski definition) is 3. The third kappa shape index (κ3) is 4.16. The molecule has 2 rings (SSSR count). The quantitative estimate of drug-likeness (QED) is 0.920. The monoisotopic (exact) mass is 335 g/mol. The van der Waals surface area contributed by atoms with Crippen LogP contribution in [0.5, 0.6) is 0 Å². The Balaban J connectivity index is 2.54. The van der Waals surface area contributed by atoms with Crippen LogP contribution in [0.3, 0.4) is 0 Å². The minimum atomic E-state index is -3.37. The summed E-state index contributed by atoms with van der Waals surface area (Å²) in [6.07, 6.45) is 5.90. The van der Waals surface area contributed by atoms with Gasteiger partial charge in [0.1, 0.15) is 5.82 Å². The number of likely N-dealkylation sites (N-methyl/N-ethyl adjacent to an activating group) is 1. The van der Waals surface area contributed by atoms with Gasteiger partial charge in [0.05, 0.1) is 4.91 Å². The fraction of sp³-hybridized carbons (Fsp3) is 0.235. The van der Waals surface area contributed by atoms with Crippen molar-refractivity contribution in [2.75, 3.05) is 12.8 Å². The van der Waals surface area contributed by atoms with Crippen LogP contribution < -0.4 is 5.32 Å². The zero-order valence-corrected chi connectivity index (χ0v) is 13.8. The summed E-state index contributed by atoms with van der Waals surface area (Å²) in [5.74, 6) is -0.635. The Morgan fingerprint density at radius 1 is 1.22 bits per heavy atom. The van der Waals surface area contributed by atoms with Gasteiger partial charge in [-0.3, -0.25) is 4.79 Å². The summed E-state index contributed by atoms with van der Waals surface area (Å²) in [4.78, 5) is 12.5. The third-order valence-corrected chi connectivity index (χ3v) is 4.60. The van der Waals surface area contributed by atoms with E-state index in [1.54, 1.807) is 25.1 Å². The highest BCUT2D eigenvalue weighted by Gasteiger charge is 2.19. The molecule has 0 aromatic heterocycles. The standard InChI is InChI=1S/C17H18FNO3S/c1-3-19-17(20)16-11-9-14(23(2,21)22)8-10-15(16)12-4-6-13(18)7-5-12/h4-10H,3,11H2,1-2H3,(H,19,20). The van der Waals surface area contributed by atoms with Crippen molar-refractivity contribution in [2.45, 2.75) is 13.3 Å². The first-order valence-corrected chi connectivity index (χ1v) is 9.07. The molecule has 0 saturated heterocycles. The SMILES string of the molecule is CCNC(=O)C1=C(c2ccc(F)cc2)C=CC(S(C)(=O)=O)=CC1. The molecule has 1 aromatic carbocycles. The second kappa shape index (κ2) is 6.91. The number of amides is 1. The van der Waals surface area contributed by atoms with E-state index in [1.807, 2.05) is 0 Å². The molecule has 6 heteroatoms. The van der Waals surface area contributed by atoms with Gasteiger partial charge >= 0.3 is 0 Å². The van der Waals surface area contributed by atoms with Gasteiger partial charge in [0.2, 0.25) is 5.91 Å². The Kier molecular flexibility index (Phi) is 5.15. The predicted molar refractivity (Wildman–Crippen MR) is 88.7 cm³/mol. The van der Waals surface area contributed by atoms with Crippen LogP contribution in [0.1, 0.15) is 18.9 Å². The Morgan fingerprint density at radius 2 is 1.87 bits per heavy atom. The third-order valence-electron chi connectivity index (χ3n) is 3.44. The summed E-state index contributed by atoms with van der Waals surface area (Å²) in [5.41, 5.74) is 1.70. The van der Waals surface area contributed by atoms with Crippen molar-refractivity contribution in [1.82, 2.24) is 5.32 Å². The lowest BCUT2D eigenvalue weighted by molar-refractivity contribution is -0.117. The Morgan fingerprint density at radius 3 is 2.43 bits per heavy atom. The van der Waals surface area contributed by atoms with Crippen LogP contribution in [0.15, 0.2) is 53.0 Å². The maximum atomic E-state index is 13.1. The molecule has 1 aliphatic rings. The van der Waals surface area contributed by atoms with Crippen molar-refractivity contribution in [3.05, 3.63) is 64.4 Å². The minimum absolute atomic E-state index is 0.163. The number of sulfone groups is 1. The molecule has 1 amide bonds. The molecule has 0 fully saturated rings. The smallest absolute Gasteiger partial charge is 0.248 e. The van der Waals surface area contributed by atoms with Gasteiger partial charge < -0.3 is 5.32 Å². The second-order valence-electron chi connectivity index (χ2n) is 5.17. The van der Waals surface area contributed by atoms with E-state index in [2.05, 4.69) is 5.32 Å². The van der Waals surface area contributed by atoms with Crippen LogP contribution in [-0.2, 0) is 14.6 Å². The molecule has 23 heavy (non-hydrogen) atoms. The summed E-state index contributed by atoms with van der Waals surface area (Å²) in [5, 5.41) is 2.72. The Labute approximate surface area is 135 Å². The van der Waals surface area contributed by atoms with Crippen molar-refractivity contribution in [3.8, 4) is 0 Å². The van der Waals surface area contributed by atoms with E-state index in [0.29, 0.717) is 23.3 Å². The summed E-state index contributed by atoms with van der Waals surface area (Å²) < 4.78 is 36.6. The van der Waals surface area contributed by atoms with Crippen molar-refractivity contribution < 1.29 is 17.6 Å². The highest BCUT2D eigenvalue weighted by molar-refractivity contribution is 7.94. The normalized spacial score (nSPS) is 15.2. The average Bonchev–Trinajstić information content (AvgIpc) is 2.71. The van der Waals surface area contributed by atoms with E-state index in [4.69, 9.17) is 0 Å². The summed E-state index contributed by atoms with van der Waals surface area (Å²) in [6.45, 7) is 2.27. The highest BCUT2D eigenvalue weighted by Crippen LogP contribution is 2.28. The number of nitrogens with one attached hydrogen (secondary N) is 1. The molecule has 122 valence electrons. The largest absolute Gasteiger partial charge is 0.353 e. The molecule has 0 radical (unpaired) electrons. The fourth-order valence-corrected chi connectivity index (χ4v) is 3.01. The first kappa shape index (κ1) is 17.1. The molecule has 0 atom stereocenters. The van der Waals surface area contributed by atoms with E-state index in [1.165, 1.54) is 24.3 Å². The Hall–Kier alpha value is -2.21. The number of allylic oxidation sites excluding steroid dienone is 4. The molecule has 0 heterocycles. The average molecular weight is 335 g/mol. The van der Waals surface area contributed by atoms with Crippen molar-refractivity contribution in [2.24, 2.45) is 0 Å². The molecule has 0 unspecified atom stereocenters. The maximum absolute atomic E-state index is 13.1. The molecule has 0 saturated carbocycles. The lowest BCUT2D eigenvalue weighted by Crippen LogP contribution is -2.25. The van der Waals surface area contributed by atoms with Crippen LogP contribution in [-0.4, -0.2) is 27.1 Å². The number of rotatable bonds is 4. The van der Waals surface area contributed by atoms with Crippen LogP contribution >= 0.6 is 0 Å². The molecule has 0 bridgehead atoms. The highest BCUT2D eigenvalue weighted by atomic mass is 32.2. The fourth-order valence-electron chi connectivity index (χ4n) is 2.30. The van der Waals surface area contributed by atoms with Crippen molar-refractivity contribution in [3.63, 3.8) is 0 Å². The molecule has 0 aliphatic heterocycles. The predicted octanol–water partition coefficient (Wildman–Crippen LogP) is 2.60. The van der Waals surface area contributed by atoms with Gasteiger partial charge in [-0.05, 0) is 42.7 Å². The Bertz CT molecular complexity index is 803. The van der Waals surface area contributed by atoms with Crippen molar-refractivity contribution in [1.29, 1.82) is 0 Å².